The molecule has 26 heavy (non-hydrogen) atoms. The van der Waals surface area contributed by atoms with Crippen molar-refractivity contribution in [2.45, 2.75) is 38.3 Å². The minimum absolute atomic E-state index is 0.170. The molecule has 0 aromatic carbocycles. The number of nitrogens with zero attached hydrogens (tertiary/aromatic N) is 4. The van der Waals surface area contributed by atoms with E-state index in [1.54, 1.807) is 0 Å². The van der Waals surface area contributed by atoms with Crippen LogP contribution in [-0.4, -0.2) is 67.3 Å². The van der Waals surface area contributed by atoms with E-state index in [4.69, 9.17) is 15.2 Å². The molecule has 3 rings (SSSR count). The predicted octanol–water partition coefficient (Wildman–Crippen LogP) is -0.590. The van der Waals surface area contributed by atoms with Gasteiger partial charge in [0.1, 0.15) is 30.1 Å². The van der Waals surface area contributed by atoms with E-state index in [1.165, 1.54) is 17.2 Å². The van der Waals surface area contributed by atoms with Crippen LogP contribution in [0.2, 0.25) is 0 Å². The van der Waals surface area contributed by atoms with Gasteiger partial charge in [-0.1, -0.05) is 13.8 Å². The van der Waals surface area contributed by atoms with Gasteiger partial charge in [0.2, 0.25) is 0 Å². The largest absolute Gasteiger partial charge is 0.449 e. The van der Waals surface area contributed by atoms with Crippen molar-refractivity contribution < 1.29 is 24.5 Å². The van der Waals surface area contributed by atoms with Crippen molar-refractivity contribution in [3.63, 3.8) is 0 Å². The van der Waals surface area contributed by atoms with Crippen molar-refractivity contribution in [2.24, 2.45) is 5.92 Å². The van der Waals surface area contributed by atoms with Crippen LogP contribution in [0.25, 0.3) is 11.2 Å². The highest BCUT2D eigenvalue weighted by atomic mass is 16.6. The number of hydrogen-bond donors (Lipinski definition) is 4. The van der Waals surface area contributed by atoms with Crippen LogP contribution in [0.3, 0.4) is 0 Å². The van der Waals surface area contributed by atoms with Gasteiger partial charge >= 0.3 is 6.09 Å². The zero-order valence-corrected chi connectivity index (χ0v) is 14.4. The van der Waals surface area contributed by atoms with E-state index in [0.29, 0.717) is 11.2 Å². The lowest BCUT2D eigenvalue weighted by atomic mass is 10.1. The van der Waals surface area contributed by atoms with Gasteiger partial charge in [-0.05, 0) is 5.92 Å². The van der Waals surface area contributed by atoms with Crippen LogP contribution >= 0.6 is 0 Å². The molecule has 1 fully saturated rings. The number of carbonyl (C=O) groups excluding carboxylic acids is 1. The van der Waals surface area contributed by atoms with Crippen molar-refractivity contribution in [1.29, 1.82) is 0 Å². The van der Waals surface area contributed by atoms with Crippen molar-refractivity contribution in [1.82, 2.24) is 24.8 Å². The second-order valence-electron chi connectivity index (χ2n) is 6.48. The number of aliphatic hydroxyl groups excluding tert-OH is 2. The first kappa shape index (κ1) is 18.3. The number of imidazole rings is 1. The zero-order chi connectivity index (χ0) is 18.8. The number of nitrogen functional groups attached to an aromatic ring is 1. The first-order valence-electron chi connectivity index (χ1n) is 8.23. The van der Waals surface area contributed by atoms with Gasteiger partial charge in [0.05, 0.1) is 19.5 Å². The highest BCUT2D eigenvalue weighted by Crippen LogP contribution is 2.32. The van der Waals surface area contributed by atoms with Crippen LogP contribution in [-0.2, 0) is 9.47 Å². The van der Waals surface area contributed by atoms with E-state index < -0.39 is 37.2 Å². The number of amides is 1. The molecule has 0 spiro atoms. The number of rotatable bonds is 5. The van der Waals surface area contributed by atoms with Crippen LogP contribution in [0.4, 0.5) is 10.6 Å². The molecule has 0 radical (unpaired) electrons. The molecule has 2 aromatic rings. The smallest absolute Gasteiger partial charge is 0.407 e. The maximum Gasteiger partial charge on any atom is 0.407 e. The number of aliphatic hydroxyl groups is 2. The van der Waals surface area contributed by atoms with Crippen LogP contribution in [0.1, 0.15) is 20.1 Å². The Bertz CT molecular complexity index is 781. The molecular weight excluding hydrogens is 344 g/mol. The first-order valence-corrected chi connectivity index (χ1v) is 8.23. The lowest BCUT2D eigenvalue weighted by molar-refractivity contribution is -0.0441. The maximum absolute atomic E-state index is 12.0. The third-order valence-corrected chi connectivity index (χ3v) is 4.04. The summed E-state index contributed by atoms with van der Waals surface area (Å²) < 4.78 is 12.3. The van der Waals surface area contributed by atoms with Gasteiger partial charge < -0.3 is 30.7 Å². The Balaban J connectivity index is 1.87. The van der Waals surface area contributed by atoms with E-state index in [2.05, 4.69) is 20.3 Å². The number of anilines is 1. The fourth-order valence-electron chi connectivity index (χ4n) is 2.77. The Kier molecular flexibility index (Phi) is 5.20. The van der Waals surface area contributed by atoms with E-state index in [9.17, 15) is 15.0 Å². The van der Waals surface area contributed by atoms with Crippen LogP contribution in [0.15, 0.2) is 12.7 Å². The summed E-state index contributed by atoms with van der Waals surface area (Å²) in [6.45, 7) is 3.64. The third kappa shape index (κ3) is 3.41. The number of nitrogens with one attached hydrogen (secondary N) is 1. The summed E-state index contributed by atoms with van der Waals surface area (Å²) in [4.78, 5) is 24.2. The van der Waals surface area contributed by atoms with Crippen molar-refractivity contribution >= 4 is 23.1 Å². The SMILES string of the molecule is CC(C)COC(=O)N[C@@H]1[C@H](O)[C@@H](CO)O[C@H]1n1cnc2c(N)ncnc21. The lowest BCUT2D eigenvalue weighted by Gasteiger charge is -2.22. The molecule has 0 saturated carbocycles. The Hall–Kier alpha value is -2.50. The Morgan fingerprint density at radius 2 is 2.23 bits per heavy atom. The van der Waals surface area contributed by atoms with Gasteiger partial charge in [0.25, 0.3) is 0 Å². The Morgan fingerprint density at radius 1 is 1.46 bits per heavy atom. The molecule has 2 aromatic heterocycles. The molecule has 0 bridgehead atoms. The number of hydrogen-bond acceptors (Lipinski definition) is 9. The van der Waals surface area contributed by atoms with Gasteiger partial charge in [-0.25, -0.2) is 19.7 Å². The fraction of sp³-hybridized carbons (Fsp3) is 0.600. The molecule has 1 aliphatic rings. The van der Waals surface area contributed by atoms with E-state index in [0.717, 1.165) is 0 Å². The van der Waals surface area contributed by atoms with Crippen molar-refractivity contribution in [3.05, 3.63) is 12.7 Å². The number of alkyl carbamates (subject to hydrolysis) is 1. The molecule has 0 aliphatic carbocycles. The fourth-order valence-corrected chi connectivity index (χ4v) is 2.77. The van der Waals surface area contributed by atoms with Gasteiger partial charge in [-0.2, -0.15) is 0 Å². The molecule has 4 atom stereocenters. The molecular formula is C15H22N6O5. The summed E-state index contributed by atoms with van der Waals surface area (Å²) >= 11 is 0. The number of nitrogens with two attached hydrogens (primary N) is 1. The van der Waals surface area contributed by atoms with E-state index in [-0.39, 0.29) is 18.3 Å². The summed E-state index contributed by atoms with van der Waals surface area (Å²) in [5.74, 6) is 0.371. The molecule has 142 valence electrons. The second-order valence-corrected chi connectivity index (χ2v) is 6.48. The molecule has 0 unspecified atom stereocenters. The summed E-state index contributed by atoms with van der Waals surface area (Å²) in [7, 11) is 0. The zero-order valence-electron chi connectivity index (χ0n) is 14.4. The number of carbonyl (C=O) groups is 1. The Labute approximate surface area is 149 Å². The van der Waals surface area contributed by atoms with Crippen LogP contribution in [0, 0.1) is 5.92 Å². The van der Waals surface area contributed by atoms with Crippen molar-refractivity contribution in [3.8, 4) is 0 Å². The maximum atomic E-state index is 12.0. The molecule has 5 N–H and O–H groups in total. The molecule has 1 saturated heterocycles. The lowest BCUT2D eigenvalue weighted by Crippen LogP contribution is -2.47. The summed E-state index contributed by atoms with van der Waals surface area (Å²) in [5.41, 5.74) is 6.54. The topological polar surface area (TPSA) is 158 Å². The first-order chi connectivity index (χ1) is 12.4. The van der Waals surface area contributed by atoms with Gasteiger partial charge in [-0.3, -0.25) is 4.57 Å². The third-order valence-electron chi connectivity index (χ3n) is 4.04. The van der Waals surface area contributed by atoms with Gasteiger partial charge in [0, 0.05) is 0 Å². The summed E-state index contributed by atoms with van der Waals surface area (Å²) in [6.07, 6.45) is -0.854. The number of fused-ring (bicyclic) bond motifs is 1. The van der Waals surface area contributed by atoms with E-state index in [1.807, 2.05) is 13.8 Å². The highest BCUT2D eigenvalue weighted by molar-refractivity contribution is 5.81. The normalized spacial score (nSPS) is 25.7. The minimum Gasteiger partial charge on any atom is -0.449 e. The minimum atomic E-state index is -1.15. The molecule has 3 heterocycles. The molecule has 11 heteroatoms. The molecule has 1 aliphatic heterocycles. The average molecular weight is 366 g/mol. The standard InChI is InChI=1S/C15H22N6O5/c1-7(2)4-25-15(24)20-9-11(23)8(3-22)26-14(9)21-6-19-10-12(16)17-5-18-13(10)21/h5-9,11,14,22-23H,3-4H2,1-2H3,(H,20,24)(H2,16,17,18)/t8-,9-,11-,14-/m1/s1. The number of aromatic nitrogens is 4. The summed E-state index contributed by atoms with van der Waals surface area (Å²) in [6, 6.07) is -0.875. The predicted molar refractivity (Wildman–Crippen MR) is 89.8 cm³/mol. The quantitative estimate of drug-likeness (QED) is 0.542. The van der Waals surface area contributed by atoms with Crippen molar-refractivity contribution in [2.75, 3.05) is 18.9 Å². The summed E-state index contributed by atoms with van der Waals surface area (Å²) in [5, 5.41) is 22.5. The van der Waals surface area contributed by atoms with Gasteiger partial charge in [0.15, 0.2) is 17.7 Å². The molecule has 11 nitrogen and oxygen atoms in total. The highest BCUT2D eigenvalue weighted by Gasteiger charge is 2.46. The van der Waals surface area contributed by atoms with Crippen LogP contribution in [0.5, 0.6) is 0 Å². The van der Waals surface area contributed by atoms with Gasteiger partial charge in [-0.15, -0.1) is 0 Å². The number of ether oxygens (including phenoxy) is 2. The average Bonchev–Trinajstić information content (AvgIpc) is 3.16. The molecule has 1 amide bonds. The monoisotopic (exact) mass is 366 g/mol. The van der Waals surface area contributed by atoms with Crippen LogP contribution < -0.4 is 11.1 Å². The Morgan fingerprint density at radius 3 is 2.92 bits per heavy atom. The second kappa shape index (κ2) is 7.40. The van der Waals surface area contributed by atoms with E-state index >= 15 is 0 Å².